The van der Waals surface area contributed by atoms with Crippen LogP contribution in [-0.4, -0.2) is 53.6 Å². The first-order chi connectivity index (χ1) is 22.6. The first kappa shape index (κ1) is 31.6. The Bertz CT molecular complexity index is 1890. The fourth-order valence-electron chi connectivity index (χ4n) is 6.28. The number of nitrogens with zero attached hydrogens (tertiary/aromatic N) is 2. The highest BCUT2D eigenvalue weighted by molar-refractivity contribution is 8.04. The largest absolute Gasteiger partial charge is 0.302 e. The van der Waals surface area contributed by atoms with E-state index in [1.54, 1.807) is 18.2 Å². The molecule has 47 heavy (non-hydrogen) atoms. The molecule has 3 aliphatic rings. The molecule has 0 spiro atoms. The van der Waals surface area contributed by atoms with Gasteiger partial charge in [0.25, 0.3) is 5.91 Å². The third kappa shape index (κ3) is 5.98. The molecule has 0 N–H and O–H groups in total. The van der Waals surface area contributed by atoms with Crippen LogP contribution in [0.2, 0.25) is 0 Å². The molecule has 7 rings (SSSR count). The molecule has 0 bridgehead atoms. The zero-order valence-corrected chi connectivity index (χ0v) is 26.3. The maximum Gasteiger partial charge on any atom is 0.260 e. The smallest absolute Gasteiger partial charge is 0.260 e. The van der Waals surface area contributed by atoms with E-state index in [0.29, 0.717) is 68.1 Å². The molecule has 3 heterocycles. The monoisotopic (exact) mass is 681 g/mol. The first-order valence-corrected chi connectivity index (χ1v) is 17.0. The number of rotatable bonds is 6. The van der Waals surface area contributed by atoms with Crippen LogP contribution in [-0.2, 0) is 22.1 Å². The van der Waals surface area contributed by atoms with Gasteiger partial charge in [-0.15, -0.1) is 0 Å². The molecule has 0 radical (unpaired) electrons. The number of benzene rings is 4. The van der Waals surface area contributed by atoms with Gasteiger partial charge in [0, 0.05) is 48.3 Å². The number of carbonyl (C=O) groups is 3. The molecule has 0 saturated carbocycles. The van der Waals surface area contributed by atoms with Gasteiger partial charge in [-0.05, 0) is 74.0 Å². The summed E-state index contributed by atoms with van der Waals surface area (Å²) < 4.78 is 70.7. The molecule has 0 aromatic heterocycles. The molecular weight excluding hydrogens is 656 g/mol. The lowest BCUT2D eigenvalue weighted by Gasteiger charge is -2.33. The zero-order valence-electron chi connectivity index (χ0n) is 24.7. The van der Waals surface area contributed by atoms with Gasteiger partial charge in [-0.1, -0.05) is 17.8 Å². The van der Waals surface area contributed by atoms with Gasteiger partial charge in [-0.2, -0.15) is 0 Å². The van der Waals surface area contributed by atoms with E-state index in [1.807, 2.05) is 0 Å². The number of carbonyl (C=O) groups excluding carboxylic acids is 3. The number of likely N-dealkylation sites (tertiary alicyclic amines) is 1. The molecule has 0 unspecified atom stereocenters. The quantitative estimate of drug-likeness (QED) is 0.0832. The number of fused-ring (bicyclic) bond motifs is 3. The maximum absolute atomic E-state index is 14.5. The minimum absolute atomic E-state index is 0.00786. The van der Waals surface area contributed by atoms with Gasteiger partial charge in [0.2, 0.25) is 5.91 Å². The first-order valence-electron chi connectivity index (χ1n) is 15.0. The predicted octanol–water partition coefficient (Wildman–Crippen LogP) is 7.06. The average Bonchev–Trinajstić information content (AvgIpc) is 3.05. The SMILES string of the molecule is O=C(c1ccc(F)cc1)C1CCN(CCN2C(=O)Cc3ccc([S+]4c5cc(F)c(F)cc5Sc5cc(F)c(F)cc54)cc3C2=O)CC1. The summed E-state index contributed by atoms with van der Waals surface area (Å²) in [6.45, 7) is 1.76. The summed E-state index contributed by atoms with van der Waals surface area (Å²) in [7, 11) is -1.20. The van der Waals surface area contributed by atoms with Crippen molar-refractivity contribution in [2.24, 2.45) is 5.92 Å². The van der Waals surface area contributed by atoms with Crippen LogP contribution in [0.4, 0.5) is 22.0 Å². The van der Waals surface area contributed by atoms with Crippen molar-refractivity contribution in [1.82, 2.24) is 9.80 Å². The molecule has 12 heteroatoms. The molecule has 4 aromatic rings. The second kappa shape index (κ2) is 12.6. The van der Waals surface area contributed by atoms with Gasteiger partial charge in [-0.25, -0.2) is 22.0 Å². The minimum Gasteiger partial charge on any atom is -0.302 e. The highest BCUT2D eigenvalue weighted by Gasteiger charge is 2.42. The number of piperidine rings is 1. The molecule has 0 atom stereocenters. The number of ketones is 1. The van der Waals surface area contributed by atoms with Crippen molar-refractivity contribution >= 4 is 40.3 Å². The number of hydrogen-bond acceptors (Lipinski definition) is 5. The number of halogens is 5. The Morgan fingerprint density at radius 2 is 1.36 bits per heavy atom. The number of imide groups is 1. The minimum atomic E-state index is -1.20. The number of Topliss-reactive ketones (excluding diaryl/α,β-unsaturated/α-hetero) is 1. The summed E-state index contributed by atoms with van der Waals surface area (Å²) in [4.78, 5) is 45.0. The van der Waals surface area contributed by atoms with Crippen molar-refractivity contribution in [3.8, 4) is 0 Å². The second-order valence-corrected chi connectivity index (χ2v) is 14.7. The summed E-state index contributed by atoms with van der Waals surface area (Å²) in [5.41, 5.74) is 1.28. The Morgan fingerprint density at radius 1 is 0.766 bits per heavy atom. The van der Waals surface area contributed by atoms with Crippen molar-refractivity contribution in [2.45, 2.75) is 43.7 Å². The fourth-order valence-corrected chi connectivity index (χ4v) is 10.1. The van der Waals surface area contributed by atoms with Crippen LogP contribution in [0.3, 0.4) is 0 Å². The summed E-state index contributed by atoms with van der Waals surface area (Å²) >= 11 is 1.01. The van der Waals surface area contributed by atoms with Crippen LogP contribution in [0.25, 0.3) is 0 Å². The lowest BCUT2D eigenvalue weighted by Crippen LogP contribution is -2.47. The Hall–Kier alpha value is -4.00. The van der Waals surface area contributed by atoms with E-state index >= 15 is 0 Å². The van der Waals surface area contributed by atoms with E-state index in [1.165, 1.54) is 29.2 Å². The van der Waals surface area contributed by atoms with Crippen molar-refractivity contribution in [1.29, 1.82) is 0 Å². The average molecular weight is 682 g/mol. The van der Waals surface area contributed by atoms with Gasteiger partial charge in [-0.3, -0.25) is 19.3 Å². The molecule has 2 amide bonds. The van der Waals surface area contributed by atoms with E-state index in [4.69, 9.17) is 0 Å². The molecule has 1 fully saturated rings. The molecule has 5 nitrogen and oxygen atoms in total. The van der Waals surface area contributed by atoms with E-state index in [2.05, 4.69) is 4.90 Å². The maximum atomic E-state index is 14.5. The van der Waals surface area contributed by atoms with E-state index in [-0.39, 0.29) is 36.1 Å². The van der Waals surface area contributed by atoms with Crippen molar-refractivity contribution in [2.75, 3.05) is 26.2 Å². The number of hydrogen-bond donors (Lipinski definition) is 0. The van der Waals surface area contributed by atoms with Gasteiger partial charge < -0.3 is 4.90 Å². The normalized spacial score (nSPS) is 17.0. The highest BCUT2D eigenvalue weighted by atomic mass is 32.2. The topological polar surface area (TPSA) is 57.7 Å². The molecule has 1 saturated heterocycles. The highest BCUT2D eigenvalue weighted by Crippen LogP contribution is 2.49. The van der Waals surface area contributed by atoms with Crippen molar-refractivity contribution < 1.29 is 36.3 Å². The Balaban J connectivity index is 1.10. The zero-order chi connectivity index (χ0) is 33.0. The standard InChI is InChI=1S/C35H26F5N2O3S2/c36-22-4-1-19(2-5-22)34(44)20-7-9-41(10-8-20)11-12-42-33(43)13-21-3-6-23(14-24(21)35(42)45)47-31-17-27(39)25(37)15-29(31)46-30-16-26(38)28(40)18-32(30)47/h1-6,14-18,20H,7-13H2/q+1. The van der Waals surface area contributed by atoms with Gasteiger partial charge in [0.15, 0.2) is 43.7 Å². The summed E-state index contributed by atoms with van der Waals surface area (Å²) in [5, 5.41) is 0. The van der Waals surface area contributed by atoms with Crippen LogP contribution >= 0.6 is 11.8 Å². The molecular formula is C35H26F5N2O3S2+. The second-order valence-electron chi connectivity index (χ2n) is 11.7. The van der Waals surface area contributed by atoms with Gasteiger partial charge >= 0.3 is 0 Å². The molecule has 3 aliphatic heterocycles. The van der Waals surface area contributed by atoms with Crippen molar-refractivity contribution in [3.63, 3.8) is 0 Å². The van der Waals surface area contributed by atoms with E-state index in [0.717, 1.165) is 36.0 Å². The Labute approximate surface area is 274 Å². The lowest BCUT2D eigenvalue weighted by atomic mass is 9.89. The summed E-state index contributed by atoms with van der Waals surface area (Å²) in [5.74, 6) is -5.75. The summed E-state index contributed by atoms with van der Waals surface area (Å²) in [6.07, 6.45) is 1.19. The third-order valence-electron chi connectivity index (χ3n) is 8.80. The van der Waals surface area contributed by atoms with Crippen LogP contribution in [0, 0.1) is 35.0 Å². The molecule has 4 aromatic carbocycles. The van der Waals surface area contributed by atoms with Crippen LogP contribution < -0.4 is 0 Å². The van der Waals surface area contributed by atoms with Crippen molar-refractivity contribution in [3.05, 3.63) is 113 Å². The van der Waals surface area contributed by atoms with Crippen LogP contribution in [0.5, 0.6) is 0 Å². The van der Waals surface area contributed by atoms with E-state index < -0.39 is 45.9 Å². The fraction of sp³-hybridized carbons (Fsp3) is 0.229. The summed E-state index contributed by atoms with van der Waals surface area (Å²) in [6, 6.07) is 14.6. The third-order valence-corrected chi connectivity index (χ3v) is 12.4. The molecule has 0 aliphatic carbocycles. The number of amides is 2. The Kier molecular flexibility index (Phi) is 8.44. The van der Waals surface area contributed by atoms with Gasteiger partial charge in [0.05, 0.1) is 16.2 Å². The van der Waals surface area contributed by atoms with Crippen LogP contribution in [0.15, 0.2) is 91.2 Å². The van der Waals surface area contributed by atoms with Crippen LogP contribution in [0.1, 0.15) is 39.1 Å². The predicted molar refractivity (Wildman–Crippen MR) is 165 cm³/mol. The molecule has 240 valence electrons. The van der Waals surface area contributed by atoms with E-state index in [9.17, 15) is 36.3 Å². The Morgan fingerprint density at radius 3 is 1.98 bits per heavy atom. The lowest BCUT2D eigenvalue weighted by molar-refractivity contribution is -0.128. The van der Waals surface area contributed by atoms with Gasteiger partial charge in [0.1, 0.15) is 16.7 Å².